The number of hydrogen-bond acceptors (Lipinski definition) is 3. The second-order valence-electron chi connectivity index (χ2n) is 6.74. The number of anilines is 1. The molecular formula is C18H22ClN3O2. The van der Waals surface area contributed by atoms with Crippen LogP contribution < -0.4 is 10.1 Å². The summed E-state index contributed by atoms with van der Waals surface area (Å²) in [5, 5.41) is 7.60. The molecule has 2 aromatic rings. The number of amides is 1. The zero-order valence-electron chi connectivity index (χ0n) is 14.1. The average molecular weight is 348 g/mol. The third kappa shape index (κ3) is 3.90. The zero-order chi connectivity index (χ0) is 17.3. The number of nitrogens with one attached hydrogen (secondary N) is 1. The minimum Gasteiger partial charge on any atom is -0.492 e. The van der Waals surface area contributed by atoms with E-state index in [1.807, 2.05) is 25.5 Å². The van der Waals surface area contributed by atoms with Gasteiger partial charge >= 0.3 is 0 Å². The Kier molecular flexibility index (Phi) is 4.81. The van der Waals surface area contributed by atoms with Gasteiger partial charge in [-0.15, -0.1) is 0 Å². The van der Waals surface area contributed by atoms with Crippen molar-refractivity contribution in [2.45, 2.75) is 26.2 Å². The van der Waals surface area contributed by atoms with Crippen LogP contribution in [0.2, 0.25) is 5.02 Å². The fourth-order valence-electron chi connectivity index (χ4n) is 2.67. The fourth-order valence-corrected chi connectivity index (χ4v) is 2.91. The number of carbonyl (C=O) groups is 1. The highest BCUT2D eigenvalue weighted by Crippen LogP contribution is 2.47. The van der Waals surface area contributed by atoms with Crippen LogP contribution in [0, 0.1) is 11.8 Å². The van der Waals surface area contributed by atoms with Crippen molar-refractivity contribution in [3.05, 3.63) is 41.2 Å². The summed E-state index contributed by atoms with van der Waals surface area (Å²) in [7, 11) is 1.88. The first-order valence-electron chi connectivity index (χ1n) is 8.16. The molecule has 1 aliphatic carbocycles. The van der Waals surface area contributed by atoms with Crippen LogP contribution >= 0.6 is 11.6 Å². The van der Waals surface area contributed by atoms with Gasteiger partial charge in [0.15, 0.2) is 0 Å². The summed E-state index contributed by atoms with van der Waals surface area (Å²) in [6.45, 7) is 4.77. The van der Waals surface area contributed by atoms with Crippen LogP contribution in [0.3, 0.4) is 0 Å². The molecule has 1 fully saturated rings. The van der Waals surface area contributed by atoms with Gasteiger partial charge in [0.25, 0.3) is 0 Å². The molecule has 0 spiro atoms. The second kappa shape index (κ2) is 6.85. The van der Waals surface area contributed by atoms with E-state index in [9.17, 15) is 4.79 Å². The number of benzene rings is 1. The summed E-state index contributed by atoms with van der Waals surface area (Å²) in [6, 6.07) is 5.35. The van der Waals surface area contributed by atoms with Gasteiger partial charge in [-0.1, -0.05) is 25.4 Å². The van der Waals surface area contributed by atoms with Gasteiger partial charge in [-0.05, 0) is 42.0 Å². The predicted molar refractivity (Wildman–Crippen MR) is 94.5 cm³/mol. The number of hydrogen-bond donors (Lipinski definition) is 1. The molecular weight excluding hydrogens is 326 g/mol. The Morgan fingerprint density at radius 1 is 1.50 bits per heavy atom. The molecule has 5 nitrogen and oxygen atoms in total. The van der Waals surface area contributed by atoms with E-state index in [4.69, 9.17) is 16.3 Å². The van der Waals surface area contributed by atoms with Crippen molar-refractivity contribution < 1.29 is 9.53 Å². The standard InChI is InChI=1S/C18H22ClN3O2/c1-11(2)10-24-17-5-4-13(6-16(17)19)21-18(23)15-7-14(15)12-8-20-22(3)9-12/h4-6,8-9,11,14-15H,7,10H2,1-3H3,(H,21,23)/t14-,15-/m1/s1. The predicted octanol–water partition coefficient (Wildman–Crippen LogP) is 3.85. The quantitative estimate of drug-likeness (QED) is 0.863. The number of ether oxygens (including phenoxy) is 1. The van der Waals surface area contributed by atoms with E-state index in [2.05, 4.69) is 24.3 Å². The van der Waals surface area contributed by atoms with Crippen molar-refractivity contribution in [1.82, 2.24) is 9.78 Å². The van der Waals surface area contributed by atoms with E-state index in [-0.39, 0.29) is 17.7 Å². The lowest BCUT2D eigenvalue weighted by molar-refractivity contribution is -0.117. The number of rotatable bonds is 6. The molecule has 3 rings (SSSR count). The van der Waals surface area contributed by atoms with Gasteiger partial charge in [0.05, 0.1) is 17.8 Å². The van der Waals surface area contributed by atoms with Crippen LogP contribution in [-0.2, 0) is 11.8 Å². The lowest BCUT2D eigenvalue weighted by Crippen LogP contribution is -2.14. The summed E-state index contributed by atoms with van der Waals surface area (Å²) >= 11 is 6.23. The third-order valence-electron chi connectivity index (χ3n) is 4.05. The molecule has 128 valence electrons. The molecule has 1 N–H and O–H groups in total. The lowest BCUT2D eigenvalue weighted by atomic mass is 10.2. The Labute approximate surface area is 147 Å². The first kappa shape index (κ1) is 16.8. The van der Waals surface area contributed by atoms with E-state index in [1.165, 1.54) is 0 Å². The van der Waals surface area contributed by atoms with Gasteiger partial charge in [-0.2, -0.15) is 5.10 Å². The van der Waals surface area contributed by atoms with Crippen LogP contribution in [-0.4, -0.2) is 22.3 Å². The topological polar surface area (TPSA) is 56.1 Å². The third-order valence-corrected chi connectivity index (χ3v) is 4.35. The van der Waals surface area contributed by atoms with Crippen LogP contribution in [0.25, 0.3) is 0 Å². The molecule has 1 aliphatic rings. The van der Waals surface area contributed by atoms with E-state index in [0.29, 0.717) is 29.0 Å². The highest BCUT2D eigenvalue weighted by Gasteiger charge is 2.44. The Morgan fingerprint density at radius 3 is 2.92 bits per heavy atom. The SMILES string of the molecule is CC(C)COc1ccc(NC(=O)[C@@H]2C[C@@H]2c2cnn(C)c2)cc1Cl. The molecule has 0 radical (unpaired) electrons. The van der Waals surface area contributed by atoms with Gasteiger partial charge in [-0.25, -0.2) is 0 Å². The van der Waals surface area contributed by atoms with Crippen LogP contribution in [0.15, 0.2) is 30.6 Å². The average Bonchev–Trinajstić information content (AvgIpc) is 3.21. The highest BCUT2D eigenvalue weighted by atomic mass is 35.5. The monoisotopic (exact) mass is 347 g/mol. The van der Waals surface area contributed by atoms with Crippen molar-refractivity contribution in [2.24, 2.45) is 18.9 Å². The number of nitrogens with zero attached hydrogens (tertiary/aromatic N) is 2. The summed E-state index contributed by atoms with van der Waals surface area (Å²) in [5.74, 6) is 1.37. The van der Waals surface area contributed by atoms with Crippen molar-refractivity contribution in [3.8, 4) is 5.75 Å². The van der Waals surface area contributed by atoms with Crippen molar-refractivity contribution in [1.29, 1.82) is 0 Å². The summed E-state index contributed by atoms with van der Waals surface area (Å²) in [6.07, 6.45) is 4.66. The molecule has 0 saturated heterocycles. The summed E-state index contributed by atoms with van der Waals surface area (Å²) < 4.78 is 7.40. The molecule has 0 aliphatic heterocycles. The molecule has 6 heteroatoms. The maximum absolute atomic E-state index is 12.4. The van der Waals surface area contributed by atoms with Gasteiger partial charge in [0.1, 0.15) is 5.75 Å². The number of carbonyl (C=O) groups excluding carboxylic acids is 1. The fraction of sp³-hybridized carbons (Fsp3) is 0.444. The zero-order valence-corrected chi connectivity index (χ0v) is 14.9. The van der Waals surface area contributed by atoms with Gasteiger partial charge in [0, 0.05) is 24.8 Å². The maximum atomic E-state index is 12.4. The maximum Gasteiger partial charge on any atom is 0.228 e. The number of halogens is 1. The molecule has 0 unspecified atom stereocenters. The smallest absolute Gasteiger partial charge is 0.228 e. The molecule has 2 atom stereocenters. The van der Waals surface area contributed by atoms with Gasteiger partial charge in [0.2, 0.25) is 5.91 Å². The van der Waals surface area contributed by atoms with E-state index in [1.54, 1.807) is 16.8 Å². The molecule has 0 bridgehead atoms. The Bertz CT molecular complexity index is 742. The van der Waals surface area contributed by atoms with Crippen molar-refractivity contribution in [2.75, 3.05) is 11.9 Å². The second-order valence-corrected chi connectivity index (χ2v) is 7.14. The van der Waals surface area contributed by atoms with Gasteiger partial charge in [-0.3, -0.25) is 9.48 Å². The molecule has 1 aromatic carbocycles. The van der Waals surface area contributed by atoms with Crippen molar-refractivity contribution in [3.63, 3.8) is 0 Å². The van der Waals surface area contributed by atoms with E-state index < -0.39 is 0 Å². The summed E-state index contributed by atoms with van der Waals surface area (Å²) in [5.41, 5.74) is 1.81. The Morgan fingerprint density at radius 2 is 2.29 bits per heavy atom. The lowest BCUT2D eigenvalue weighted by Gasteiger charge is -2.12. The summed E-state index contributed by atoms with van der Waals surface area (Å²) in [4.78, 5) is 12.4. The normalized spacial score (nSPS) is 19.4. The van der Waals surface area contributed by atoms with E-state index in [0.717, 1.165) is 12.0 Å². The molecule has 24 heavy (non-hydrogen) atoms. The van der Waals surface area contributed by atoms with Crippen molar-refractivity contribution >= 4 is 23.2 Å². The minimum atomic E-state index is 0.00448. The van der Waals surface area contributed by atoms with Crippen LogP contribution in [0.1, 0.15) is 31.7 Å². The van der Waals surface area contributed by atoms with Crippen LogP contribution in [0.5, 0.6) is 5.75 Å². The number of aryl methyl sites for hydroxylation is 1. The first-order valence-corrected chi connectivity index (χ1v) is 8.53. The molecule has 1 heterocycles. The Hall–Kier alpha value is -2.01. The van der Waals surface area contributed by atoms with E-state index >= 15 is 0 Å². The van der Waals surface area contributed by atoms with Gasteiger partial charge < -0.3 is 10.1 Å². The number of aromatic nitrogens is 2. The largest absolute Gasteiger partial charge is 0.492 e. The molecule has 1 amide bonds. The first-order chi connectivity index (χ1) is 11.4. The molecule has 1 aromatic heterocycles. The molecule has 1 saturated carbocycles. The highest BCUT2D eigenvalue weighted by molar-refractivity contribution is 6.32. The van der Waals surface area contributed by atoms with Crippen LogP contribution in [0.4, 0.5) is 5.69 Å². The Balaban J connectivity index is 1.58. The minimum absolute atomic E-state index is 0.00448.